The molecular weight excluding hydrogens is 300 g/mol. The van der Waals surface area contributed by atoms with E-state index in [0.717, 1.165) is 32.4 Å². The standard InChI is InChI=1S/C20H26N2O2/c1-24-15-20(10-13-21-14-11-20)19(23)22-12-9-17-7-4-6-16-5-2-3-8-18(16)17/h2-8,21H,9-15H2,1H3,(H,22,23). The van der Waals surface area contributed by atoms with Crippen LogP contribution in [0.5, 0.6) is 0 Å². The van der Waals surface area contributed by atoms with Crippen LogP contribution >= 0.6 is 0 Å². The Morgan fingerprint density at radius 2 is 1.92 bits per heavy atom. The summed E-state index contributed by atoms with van der Waals surface area (Å²) in [5.41, 5.74) is 0.901. The Hall–Kier alpha value is -1.91. The van der Waals surface area contributed by atoms with E-state index in [1.54, 1.807) is 7.11 Å². The number of carbonyl (C=O) groups excluding carboxylic acids is 1. The number of nitrogens with one attached hydrogen (secondary N) is 2. The Kier molecular flexibility index (Phi) is 5.48. The molecule has 128 valence electrons. The molecule has 1 saturated heterocycles. The second-order valence-electron chi connectivity index (χ2n) is 6.61. The summed E-state index contributed by atoms with van der Waals surface area (Å²) in [6.45, 7) is 2.90. The molecule has 0 unspecified atom stereocenters. The van der Waals surface area contributed by atoms with Crippen LogP contribution in [0.25, 0.3) is 10.8 Å². The molecule has 1 fully saturated rings. The Morgan fingerprint density at radius 1 is 1.17 bits per heavy atom. The molecule has 0 atom stereocenters. The molecule has 0 aromatic heterocycles. The van der Waals surface area contributed by atoms with Crippen molar-refractivity contribution in [1.82, 2.24) is 10.6 Å². The number of amides is 1. The van der Waals surface area contributed by atoms with Gasteiger partial charge in [0.1, 0.15) is 0 Å². The third-order valence-electron chi connectivity index (χ3n) is 5.02. The zero-order valence-electron chi connectivity index (χ0n) is 14.3. The van der Waals surface area contributed by atoms with Gasteiger partial charge in [-0.2, -0.15) is 0 Å². The van der Waals surface area contributed by atoms with Crippen molar-refractivity contribution in [2.45, 2.75) is 19.3 Å². The molecule has 2 aromatic carbocycles. The first kappa shape index (κ1) is 16.9. The number of hydrogen-bond donors (Lipinski definition) is 2. The van der Waals surface area contributed by atoms with Crippen LogP contribution in [0.1, 0.15) is 18.4 Å². The van der Waals surface area contributed by atoms with Crippen molar-refractivity contribution in [2.75, 3.05) is 33.4 Å². The highest BCUT2D eigenvalue weighted by Gasteiger charge is 2.39. The van der Waals surface area contributed by atoms with Crippen molar-refractivity contribution in [2.24, 2.45) is 5.41 Å². The molecule has 1 heterocycles. The van der Waals surface area contributed by atoms with Crippen LogP contribution in [0.4, 0.5) is 0 Å². The van der Waals surface area contributed by atoms with E-state index in [-0.39, 0.29) is 11.3 Å². The predicted molar refractivity (Wildman–Crippen MR) is 97.1 cm³/mol. The molecule has 1 amide bonds. The van der Waals surface area contributed by atoms with Gasteiger partial charge in [-0.05, 0) is 48.7 Å². The first-order chi connectivity index (χ1) is 11.7. The van der Waals surface area contributed by atoms with E-state index in [4.69, 9.17) is 4.74 Å². The van der Waals surface area contributed by atoms with E-state index in [1.807, 2.05) is 0 Å². The fourth-order valence-corrected chi connectivity index (χ4v) is 3.63. The Balaban J connectivity index is 1.63. The van der Waals surface area contributed by atoms with Crippen LogP contribution in [-0.2, 0) is 16.0 Å². The average molecular weight is 326 g/mol. The lowest BCUT2D eigenvalue weighted by Crippen LogP contribution is -2.50. The van der Waals surface area contributed by atoms with E-state index >= 15 is 0 Å². The highest BCUT2D eigenvalue weighted by Crippen LogP contribution is 2.29. The molecule has 4 nitrogen and oxygen atoms in total. The summed E-state index contributed by atoms with van der Waals surface area (Å²) >= 11 is 0. The van der Waals surface area contributed by atoms with Gasteiger partial charge in [-0.1, -0.05) is 42.5 Å². The molecule has 0 spiro atoms. The molecular formula is C20H26N2O2. The molecule has 0 bridgehead atoms. The number of fused-ring (bicyclic) bond motifs is 1. The third-order valence-corrected chi connectivity index (χ3v) is 5.02. The molecule has 0 aliphatic carbocycles. The lowest BCUT2D eigenvalue weighted by Gasteiger charge is -2.35. The first-order valence-corrected chi connectivity index (χ1v) is 8.70. The minimum Gasteiger partial charge on any atom is -0.384 e. The summed E-state index contributed by atoms with van der Waals surface area (Å²) in [7, 11) is 1.67. The number of hydrogen-bond acceptors (Lipinski definition) is 3. The van der Waals surface area contributed by atoms with Gasteiger partial charge in [0.25, 0.3) is 0 Å². The summed E-state index contributed by atoms with van der Waals surface area (Å²) < 4.78 is 5.34. The molecule has 1 aliphatic rings. The third kappa shape index (κ3) is 3.60. The van der Waals surface area contributed by atoms with Gasteiger partial charge in [-0.15, -0.1) is 0 Å². The molecule has 0 radical (unpaired) electrons. The summed E-state index contributed by atoms with van der Waals surface area (Å²) in [5.74, 6) is 0.131. The zero-order chi connectivity index (χ0) is 16.8. The molecule has 2 aromatic rings. The SMILES string of the molecule is COCC1(C(=O)NCCc2cccc3ccccc23)CCNCC1. The fourth-order valence-electron chi connectivity index (χ4n) is 3.63. The number of piperidine rings is 1. The van der Waals surface area contributed by atoms with Gasteiger partial charge < -0.3 is 15.4 Å². The van der Waals surface area contributed by atoms with Crippen molar-refractivity contribution < 1.29 is 9.53 Å². The van der Waals surface area contributed by atoms with Crippen molar-refractivity contribution in [3.05, 3.63) is 48.0 Å². The maximum atomic E-state index is 12.7. The second-order valence-corrected chi connectivity index (χ2v) is 6.61. The average Bonchev–Trinajstić information content (AvgIpc) is 2.63. The number of ether oxygens (including phenoxy) is 1. The van der Waals surface area contributed by atoms with Gasteiger partial charge in [-0.25, -0.2) is 0 Å². The highest BCUT2D eigenvalue weighted by molar-refractivity contribution is 5.86. The van der Waals surface area contributed by atoms with Gasteiger partial charge in [0.2, 0.25) is 5.91 Å². The smallest absolute Gasteiger partial charge is 0.228 e. The second kappa shape index (κ2) is 7.77. The van der Waals surface area contributed by atoms with E-state index in [2.05, 4.69) is 53.1 Å². The molecule has 0 saturated carbocycles. The Bertz CT molecular complexity index is 682. The lowest BCUT2D eigenvalue weighted by molar-refractivity contribution is -0.136. The van der Waals surface area contributed by atoms with Crippen molar-refractivity contribution in [3.63, 3.8) is 0 Å². The van der Waals surface area contributed by atoms with Gasteiger partial charge in [0.15, 0.2) is 0 Å². The lowest BCUT2D eigenvalue weighted by atomic mass is 9.78. The number of benzene rings is 2. The summed E-state index contributed by atoms with van der Waals surface area (Å²) in [6, 6.07) is 14.7. The van der Waals surface area contributed by atoms with E-state index in [1.165, 1.54) is 16.3 Å². The molecule has 1 aliphatic heterocycles. The van der Waals surface area contributed by atoms with Crippen LogP contribution in [0, 0.1) is 5.41 Å². The number of rotatable bonds is 6. The Labute approximate surface area is 143 Å². The first-order valence-electron chi connectivity index (χ1n) is 8.70. The quantitative estimate of drug-likeness (QED) is 0.857. The van der Waals surface area contributed by atoms with Crippen LogP contribution in [-0.4, -0.2) is 39.3 Å². The van der Waals surface area contributed by atoms with Crippen molar-refractivity contribution >= 4 is 16.7 Å². The largest absolute Gasteiger partial charge is 0.384 e. The maximum absolute atomic E-state index is 12.7. The van der Waals surface area contributed by atoms with Crippen LogP contribution in [0.3, 0.4) is 0 Å². The van der Waals surface area contributed by atoms with E-state index in [0.29, 0.717) is 13.2 Å². The maximum Gasteiger partial charge on any atom is 0.228 e. The summed E-state index contributed by atoms with van der Waals surface area (Å²) in [4.78, 5) is 12.7. The minimum atomic E-state index is -0.376. The van der Waals surface area contributed by atoms with Gasteiger partial charge in [0, 0.05) is 13.7 Å². The molecule has 4 heteroatoms. The van der Waals surface area contributed by atoms with E-state index < -0.39 is 0 Å². The Morgan fingerprint density at radius 3 is 2.71 bits per heavy atom. The summed E-state index contributed by atoms with van der Waals surface area (Å²) in [6.07, 6.45) is 2.51. The van der Waals surface area contributed by atoms with Crippen LogP contribution in [0.2, 0.25) is 0 Å². The normalized spacial score (nSPS) is 16.9. The van der Waals surface area contributed by atoms with E-state index in [9.17, 15) is 4.79 Å². The molecule has 3 rings (SSSR count). The van der Waals surface area contributed by atoms with Crippen molar-refractivity contribution in [3.8, 4) is 0 Å². The van der Waals surface area contributed by atoms with Gasteiger partial charge in [0.05, 0.1) is 12.0 Å². The topological polar surface area (TPSA) is 50.4 Å². The fraction of sp³-hybridized carbons (Fsp3) is 0.450. The minimum absolute atomic E-state index is 0.131. The summed E-state index contributed by atoms with van der Waals surface area (Å²) in [5, 5.41) is 8.98. The van der Waals surface area contributed by atoms with Crippen molar-refractivity contribution in [1.29, 1.82) is 0 Å². The molecule has 24 heavy (non-hydrogen) atoms. The van der Waals surface area contributed by atoms with Crippen LogP contribution in [0.15, 0.2) is 42.5 Å². The highest BCUT2D eigenvalue weighted by atomic mass is 16.5. The number of methoxy groups -OCH3 is 1. The van der Waals surface area contributed by atoms with Gasteiger partial charge >= 0.3 is 0 Å². The molecule has 2 N–H and O–H groups in total. The monoisotopic (exact) mass is 326 g/mol. The predicted octanol–water partition coefficient (Wildman–Crippen LogP) is 2.51. The zero-order valence-corrected chi connectivity index (χ0v) is 14.3. The van der Waals surface area contributed by atoms with Gasteiger partial charge in [-0.3, -0.25) is 4.79 Å². The number of carbonyl (C=O) groups is 1. The van der Waals surface area contributed by atoms with Crippen LogP contribution < -0.4 is 10.6 Å².